The number of esters is 1. The van der Waals surface area contributed by atoms with E-state index in [-0.39, 0.29) is 18.5 Å². The Kier molecular flexibility index (Phi) is 62.4. The quantitative estimate of drug-likeness (QED) is 0.0320. The summed E-state index contributed by atoms with van der Waals surface area (Å²) in [6, 6.07) is -0.631. The van der Waals surface area contributed by atoms with Crippen LogP contribution in [0.1, 0.15) is 373 Å². The fourth-order valence-electron chi connectivity index (χ4n) is 10.6. The van der Waals surface area contributed by atoms with Crippen molar-refractivity contribution in [2.24, 2.45) is 0 Å². The fourth-order valence-corrected chi connectivity index (χ4v) is 10.6. The Morgan fingerprint density at radius 2 is 0.635 bits per heavy atom. The molecule has 0 fully saturated rings. The number of rotatable bonds is 63. The first kappa shape index (κ1) is 72.3. The molecule has 0 saturated carbocycles. The molecule has 6 nitrogen and oxygen atoms in total. The molecule has 3 N–H and O–H groups in total. The molecular formula is C68H131NO5. The van der Waals surface area contributed by atoms with E-state index in [2.05, 4.69) is 31.3 Å². The Morgan fingerprint density at radius 1 is 0.365 bits per heavy atom. The Bertz CT molecular complexity index is 1150. The molecule has 0 saturated heterocycles. The zero-order valence-corrected chi connectivity index (χ0v) is 50.1. The van der Waals surface area contributed by atoms with Gasteiger partial charge < -0.3 is 20.3 Å². The largest absolute Gasteiger partial charge is 0.466 e. The third-order valence-corrected chi connectivity index (χ3v) is 15.7. The number of nitrogens with one attached hydrogen (secondary N) is 1. The van der Waals surface area contributed by atoms with Crippen LogP contribution >= 0.6 is 0 Å². The van der Waals surface area contributed by atoms with E-state index in [1.54, 1.807) is 6.08 Å². The van der Waals surface area contributed by atoms with Gasteiger partial charge in [0.15, 0.2) is 0 Å². The van der Waals surface area contributed by atoms with Gasteiger partial charge in [-0.25, -0.2) is 0 Å². The van der Waals surface area contributed by atoms with E-state index < -0.39 is 12.1 Å². The van der Waals surface area contributed by atoms with E-state index in [0.717, 1.165) is 38.5 Å². The van der Waals surface area contributed by atoms with E-state index in [4.69, 9.17) is 4.74 Å². The molecule has 2 atom stereocenters. The van der Waals surface area contributed by atoms with Crippen molar-refractivity contribution in [3.05, 3.63) is 24.3 Å². The molecule has 1 amide bonds. The Labute approximate surface area is 462 Å². The molecule has 0 heterocycles. The van der Waals surface area contributed by atoms with Gasteiger partial charge in [-0.3, -0.25) is 9.59 Å². The first-order chi connectivity index (χ1) is 36.5. The van der Waals surface area contributed by atoms with Crippen molar-refractivity contribution in [2.45, 2.75) is 386 Å². The maximum atomic E-state index is 12.5. The highest BCUT2D eigenvalue weighted by atomic mass is 16.5. The molecule has 0 aliphatic heterocycles. The molecule has 6 heteroatoms. The molecule has 0 aliphatic carbocycles. The van der Waals surface area contributed by atoms with Crippen LogP contribution < -0.4 is 5.32 Å². The molecular weight excluding hydrogens is 911 g/mol. The summed E-state index contributed by atoms with van der Waals surface area (Å²) < 4.78 is 5.49. The standard InChI is InChI=1S/C68H131NO5/c1-3-5-7-9-11-13-15-17-19-20-27-30-33-36-40-44-48-52-56-60-66(71)65(64-70)69-67(72)61-57-53-49-45-41-37-34-31-28-25-23-21-22-24-26-29-32-35-39-43-47-51-55-59-63-74-68(73)62-58-54-50-46-42-38-18-16-14-12-10-8-6-4-2/h23,25,56,60,65-66,70-71H,3-22,24,26-55,57-59,61-64H2,1-2H3,(H,69,72)/b25-23-,60-56+. The van der Waals surface area contributed by atoms with Crippen molar-refractivity contribution >= 4 is 11.9 Å². The van der Waals surface area contributed by atoms with Crippen LogP contribution in [0.5, 0.6) is 0 Å². The highest BCUT2D eigenvalue weighted by Gasteiger charge is 2.18. The van der Waals surface area contributed by atoms with Crippen molar-refractivity contribution in [1.82, 2.24) is 5.32 Å². The van der Waals surface area contributed by atoms with E-state index in [9.17, 15) is 19.8 Å². The lowest BCUT2D eigenvalue weighted by molar-refractivity contribution is -0.143. The SMILES string of the molecule is CCCCCCCCCCCCCCCCCCC/C=C/C(O)C(CO)NC(=O)CCCCCCCCCC/C=C\CCCCCCCCCCCCCCOC(=O)CCCCCCCCCCCCCCCC. The molecule has 0 aromatic carbocycles. The van der Waals surface area contributed by atoms with E-state index in [1.165, 1.54) is 308 Å². The summed E-state index contributed by atoms with van der Waals surface area (Å²) in [6.07, 6.45) is 79.5. The monoisotopic (exact) mass is 1040 g/mol. The van der Waals surface area contributed by atoms with Crippen LogP contribution in [0.15, 0.2) is 24.3 Å². The minimum atomic E-state index is -0.848. The van der Waals surface area contributed by atoms with Gasteiger partial charge in [-0.2, -0.15) is 0 Å². The van der Waals surface area contributed by atoms with Gasteiger partial charge >= 0.3 is 5.97 Å². The average molecular weight is 1040 g/mol. The normalized spacial score (nSPS) is 12.6. The second kappa shape index (κ2) is 63.9. The molecule has 0 aliphatic rings. The van der Waals surface area contributed by atoms with Gasteiger partial charge in [-0.15, -0.1) is 0 Å². The maximum absolute atomic E-state index is 12.5. The molecule has 0 spiro atoms. The molecule has 0 radical (unpaired) electrons. The maximum Gasteiger partial charge on any atom is 0.305 e. The summed E-state index contributed by atoms with van der Waals surface area (Å²) in [5, 5.41) is 23.2. The number of ether oxygens (including phenoxy) is 1. The van der Waals surface area contributed by atoms with Crippen LogP contribution in [0.3, 0.4) is 0 Å². The average Bonchev–Trinajstić information content (AvgIpc) is 3.40. The van der Waals surface area contributed by atoms with Gasteiger partial charge in [-0.1, -0.05) is 327 Å². The number of allylic oxidation sites excluding steroid dienone is 3. The smallest absolute Gasteiger partial charge is 0.305 e. The third kappa shape index (κ3) is 59.6. The predicted molar refractivity (Wildman–Crippen MR) is 324 cm³/mol. The minimum absolute atomic E-state index is 0.0149. The second-order valence-corrected chi connectivity index (χ2v) is 23.2. The number of hydrogen-bond donors (Lipinski definition) is 3. The number of unbranched alkanes of at least 4 members (excludes halogenated alkanes) is 50. The van der Waals surface area contributed by atoms with Gasteiger partial charge in [-0.05, 0) is 57.8 Å². The third-order valence-electron chi connectivity index (χ3n) is 15.7. The van der Waals surface area contributed by atoms with Crippen molar-refractivity contribution in [1.29, 1.82) is 0 Å². The number of hydrogen-bond acceptors (Lipinski definition) is 5. The second-order valence-electron chi connectivity index (χ2n) is 23.2. The van der Waals surface area contributed by atoms with Crippen molar-refractivity contribution < 1.29 is 24.5 Å². The minimum Gasteiger partial charge on any atom is -0.466 e. The number of aliphatic hydroxyl groups excluding tert-OH is 2. The topological polar surface area (TPSA) is 95.9 Å². The zero-order valence-electron chi connectivity index (χ0n) is 50.1. The summed E-state index contributed by atoms with van der Waals surface area (Å²) in [7, 11) is 0. The van der Waals surface area contributed by atoms with Crippen molar-refractivity contribution in [3.8, 4) is 0 Å². The van der Waals surface area contributed by atoms with Crippen molar-refractivity contribution in [2.75, 3.05) is 13.2 Å². The number of amides is 1. The number of carbonyl (C=O) groups excluding carboxylic acids is 2. The molecule has 438 valence electrons. The molecule has 74 heavy (non-hydrogen) atoms. The van der Waals surface area contributed by atoms with Gasteiger partial charge in [0, 0.05) is 12.8 Å². The fraction of sp³-hybridized carbons (Fsp3) is 0.912. The lowest BCUT2D eigenvalue weighted by Gasteiger charge is -2.20. The van der Waals surface area contributed by atoms with Crippen LogP contribution in [-0.2, 0) is 14.3 Å². The number of carbonyl (C=O) groups is 2. The number of aliphatic hydroxyl groups is 2. The Morgan fingerprint density at radius 3 is 0.959 bits per heavy atom. The van der Waals surface area contributed by atoms with E-state index in [1.807, 2.05) is 6.08 Å². The molecule has 0 rings (SSSR count). The Hall–Kier alpha value is -1.66. The summed E-state index contributed by atoms with van der Waals surface area (Å²) in [5.41, 5.74) is 0. The van der Waals surface area contributed by atoms with Gasteiger partial charge in [0.1, 0.15) is 0 Å². The summed E-state index contributed by atoms with van der Waals surface area (Å²) in [5.74, 6) is -0.0543. The lowest BCUT2D eigenvalue weighted by atomic mass is 10.0. The highest BCUT2D eigenvalue weighted by molar-refractivity contribution is 5.76. The summed E-state index contributed by atoms with van der Waals surface area (Å²) >= 11 is 0. The molecule has 0 bridgehead atoms. The predicted octanol–water partition coefficient (Wildman–Crippen LogP) is 21.4. The van der Waals surface area contributed by atoms with Crippen LogP contribution in [0.25, 0.3) is 0 Å². The summed E-state index contributed by atoms with van der Waals surface area (Å²) in [6.45, 7) is 4.94. The van der Waals surface area contributed by atoms with Gasteiger partial charge in [0.25, 0.3) is 0 Å². The highest BCUT2D eigenvalue weighted by Crippen LogP contribution is 2.18. The van der Waals surface area contributed by atoms with Gasteiger partial charge in [0.2, 0.25) is 5.91 Å². The summed E-state index contributed by atoms with van der Waals surface area (Å²) in [4.78, 5) is 24.6. The molecule has 0 aromatic heterocycles. The molecule has 2 unspecified atom stereocenters. The van der Waals surface area contributed by atoms with E-state index in [0.29, 0.717) is 19.4 Å². The van der Waals surface area contributed by atoms with Crippen LogP contribution in [0.4, 0.5) is 0 Å². The lowest BCUT2D eigenvalue weighted by Crippen LogP contribution is -2.45. The van der Waals surface area contributed by atoms with Crippen LogP contribution in [-0.4, -0.2) is 47.4 Å². The first-order valence-corrected chi connectivity index (χ1v) is 33.6. The zero-order chi connectivity index (χ0) is 53.6. The van der Waals surface area contributed by atoms with Crippen molar-refractivity contribution in [3.63, 3.8) is 0 Å². The molecule has 0 aromatic rings. The van der Waals surface area contributed by atoms with Crippen LogP contribution in [0, 0.1) is 0 Å². The van der Waals surface area contributed by atoms with E-state index >= 15 is 0 Å². The Balaban J connectivity index is 3.42. The van der Waals surface area contributed by atoms with Crippen LogP contribution in [0.2, 0.25) is 0 Å². The first-order valence-electron chi connectivity index (χ1n) is 33.6. The van der Waals surface area contributed by atoms with Gasteiger partial charge in [0.05, 0.1) is 25.4 Å².